The van der Waals surface area contributed by atoms with Crippen molar-refractivity contribution in [3.8, 4) is 0 Å². The van der Waals surface area contributed by atoms with Gasteiger partial charge in [-0.15, -0.1) is 0 Å². The third kappa shape index (κ3) is 2.39. The minimum atomic E-state index is -0.770. The molecule has 5 nitrogen and oxygen atoms in total. The van der Waals surface area contributed by atoms with E-state index in [1.54, 1.807) is 17.9 Å². The third-order valence-corrected chi connectivity index (χ3v) is 3.46. The van der Waals surface area contributed by atoms with Gasteiger partial charge >= 0.3 is 5.97 Å². The predicted octanol–water partition coefficient (Wildman–Crippen LogP) is 1.91. The van der Waals surface area contributed by atoms with E-state index in [2.05, 4.69) is 0 Å². The van der Waals surface area contributed by atoms with Crippen molar-refractivity contribution in [3.05, 3.63) is 23.7 Å². The molecule has 2 heterocycles. The predicted molar refractivity (Wildman–Crippen MR) is 64.3 cm³/mol. The van der Waals surface area contributed by atoms with Gasteiger partial charge in [-0.25, -0.2) is 0 Å². The maximum atomic E-state index is 12.2. The van der Waals surface area contributed by atoms with Crippen LogP contribution in [-0.2, 0) is 4.79 Å². The average molecular weight is 251 g/mol. The number of carboxylic acids is 1. The van der Waals surface area contributed by atoms with Gasteiger partial charge < -0.3 is 14.4 Å². The number of hydrogen-bond donors (Lipinski definition) is 1. The molecule has 1 saturated heterocycles. The molecule has 1 aliphatic rings. The molecule has 0 bridgehead atoms. The molecule has 98 valence electrons. The number of likely N-dealkylation sites (tertiary alicyclic amines) is 1. The Kier molecular flexibility index (Phi) is 3.41. The highest BCUT2D eigenvalue weighted by molar-refractivity contribution is 5.94. The minimum Gasteiger partial charge on any atom is -0.481 e. The SMILES string of the molecule is Cc1cc(C(=O)N2CCC(C(=O)O)CC2C)co1. The lowest BCUT2D eigenvalue weighted by atomic mass is 9.91. The van der Waals surface area contributed by atoms with Crippen LogP contribution in [0.25, 0.3) is 0 Å². The first-order valence-electron chi connectivity index (χ1n) is 6.08. The number of carboxylic acid groups (broad SMARTS) is 1. The van der Waals surface area contributed by atoms with E-state index in [4.69, 9.17) is 9.52 Å². The van der Waals surface area contributed by atoms with E-state index in [0.717, 1.165) is 0 Å². The van der Waals surface area contributed by atoms with E-state index in [1.165, 1.54) is 6.26 Å². The van der Waals surface area contributed by atoms with Crippen LogP contribution in [-0.4, -0.2) is 34.5 Å². The molecule has 0 aromatic carbocycles. The summed E-state index contributed by atoms with van der Waals surface area (Å²) in [5, 5.41) is 8.98. The lowest BCUT2D eigenvalue weighted by Crippen LogP contribution is -2.45. The Morgan fingerprint density at radius 2 is 2.22 bits per heavy atom. The van der Waals surface area contributed by atoms with Gasteiger partial charge in [-0.3, -0.25) is 9.59 Å². The number of furan rings is 1. The molecule has 0 saturated carbocycles. The van der Waals surface area contributed by atoms with Crippen molar-refractivity contribution in [1.29, 1.82) is 0 Å². The summed E-state index contributed by atoms with van der Waals surface area (Å²) in [5.41, 5.74) is 0.535. The van der Waals surface area contributed by atoms with Gasteiger partial charge in [0.25, 0.3) is 5.91 Å². The molecule has 1 aromatic rings. The smallest absolute Gasteiger partial charge is 0.306 e. The zero-order chi connectivity index (χ0) is 13.3. The van der Waals surface area contributed by atoms with Gasteiger partial charge in [0.05, 0.1) is 11.5 Å². The van der Waals surface area contributed by atoms with Crippen LogP contribution in [0.4, 0.5) is 0 Å². The van der Waals surface area contributed by atoms with Crippen molar-refractivity contribution in [2.75, 3.05) is 6.54 Å². The van der Waals surface area contributed by atoms with Crippen molar-refractivity contribution in [1.82, 2.24) is 4.90 Å². The van der Waals surface area contributed by atoms with Crippen molar-refractivity contribution < 1.29 is 19.1 Å². The molecule has 0 radical (unpaired) electrons. The summed E-state index contributed by atoms with van der Waals surface area (Å²) < 4.78 is 5.13. The van der Waals surface area contributed by atoms with E-state index in [0.29, 0.717) is 30.7 Å². The number of nitrogens with zero attached hydrogens (tertiary/aromatic N) is 1. The van der Waals surface area contributed by atoms with Crippen LogP contribution >= 0.6 is 0 Å². The minimum absolute atomic E-state index is 0.0532. The number of amides is 1. The maximum Gasteiger partial charge on any atom is 0.306 e. The molecule has 2 unspecified atom stereocenters. The van der Waals surface area contributed by atoms with E-state index < -0.39 is 5.97 Å². The molecule has 2 atom stereocenters. The quantitative estimate of drug-likeness (QED) is 0.871. The second-order valence-electron chi connectivity index (χ2n) is 4.85. The first-order chi connectivity index (χ1) is 8.49. The number of carbonyl (C=O) groups excluding carboxylic acids is 1. The summed E-state index contributed by atoms with van der Waals surface area (Å²) in [5.74, 6) is -0.488. The fourth-order valence-corrected chi connectivity index (χ4v) is 2.42. The molecule has 18 heavy (non-hydrogen) atoms. The van der Waals surface area contributed by atoms with Crippen molar-refractivity contribution in [2.45, 2.75) is 32.7 Å². The molecule has 1 N–H and O–H groups in total. The molecule has 5 heteroatoms. The fourth-order valence-electron chi connectivity index (χ4n) is 2.42. The number of hydrogen-bond acceptors (Lipinski definition) is 3. The number of aliphatic carboxylic acids is 1. The van der Waals surface area contributed by atoms with Crippen LogP contribution in [0.15, 0.2) is 16.7 Å². The highest BCUT2D eigenvalue weighted by Gasteiger charge is 2.32. The number of rotatable bonds is 2. The van der Waals surface area contributed by atoms with Gasteiger partial charge in [0, 0.05) is 12.6 Å². The zero-order valence-electron chi connectivity index (χ0n) is 10.5. The van der Waals surface area contributed by atoms with E-state index in [1.807, 2.05) is 6.92 Å². The van der Waals surface area contributed by atoms with Crippen LogP contribution in [0.2, 0.25) is 0 Å². The third-order valence-electron chi connectivity index (χ3n) is 3.46. The molecule has 0 spiro atoms. The van der Waals surface area contributed by atoms with Crippen LogP contribution in [0, 0.1) is 12.8 Å². The van der Waals surface area contributed by atoms with Crippen LogP contribution in [0.3, 0.4) is 0 Å². The Labute approximate surface area is 105 Å². The molecule has 1 aromatic heterocycles. The van der Waals surface area contributed by atoms with E-state index in [9.17, 15) is 9.59 Å². The van der Waals surface area contributed by atoms with Gasteiger partial charge in [0.1, 0.15) is 12.0 Å². The maximum absolute atomic E-state index is 12.2. The summed E-state index contributed by atoms with van der Waals surface area (Å²) in [6.07, 6.45) is 2.48. The number of aryl methyl sites for hydroxylation is 1. The summed E-state index contributed by atoms with van der Waals surface area (Å²) in [4.78, 5) is 24.9. The summed E-state index contributed by atoms with van der Waals surface area (Å²) in [7, 11) is 0. The van der Waals surface area contributed by atoms with Crippen molar-refractivity contribution in [2.24, 2.45) is 5.92 Å². The monoisotopic (exact) mass is 251 g/mol. The second-order valence-corrected chi connectivity index (χ2v) is 4.85. The molecule has 2 rings (SSSR count). The molecule has 1 aliphatic heterocycles. The van der Waals surface area contributed by atoms with Gasteiger partial charge in [0.2, 0.25) is 0 Å². The standard InChI is InChI=1S/C13H17NO4/c1-8-5-10(13(16)17)3-4-14(8)12(15)11-6-9(2)18-7-11/h6-8,10H,3-5H2,1-2H3,(H,16,17). The molecule has 1 amide bonds. The summed E-state index contributed by atoms with van der Waals surface area (Å²) in [6, 6.07) is 1.65. The van der Waals surface area contributed by atoms with Crippen molar-refractivity contribution >= 4 is 11.9 Å². The fraction of sp³-hybridized carbons (Fsp3) is 0.538. The van der Waals surface area contributed by atoms with Gasteiger partial charge in [-0.2, -0.15) is 0 Å². The zero-order valence-corrected chi connectivity index (χ0v) is 10.5. The Bertz CT molecular complexity index is 465. The van der Waals surface area contributed by atoms with Crippen molar-refractivity contribution in [3.63, 3.8) is 0 Å². The average Bonchev–Trinajstić information content (AvgIpc) is 2.74. The Balaban J connectivity index is 2.07. The van der Waals surface area contributed by atoms with Gasteiger partial charge in [-0.05, 0) is 32.8 Å². The lowest BCUT2D eigenvalue weighted by Gasteiger charge is -2.36. The van der Waals surface area contributed by atoms with Gasteiger partial charge in [0.15, 0.2) is 0 Å². The second kappa shape index (κ2) is 4.84. The summed E-state index contributed by atoms with van der Waals surface area (Å²) in [6.45, 7) is 4.16. The summed E-state index contributed by atoms with van der Waals surface area (Å²) >= 11 is 0. The Hall–Kier alpha value is -1.78. The molecule has 0 aliphatic carbocycles. The normalized spacial score (nSPS) is 24.0. The largest absolute Gasteiger partial charge is 0.481 e. The van der Waals surface area contributed by atoms with E-state index >= 15 is 0 Å². The van der Waals surface area contributed by atoms with Crippen LogP contribution < -0.4 is 0 Å². The van der Waals surface area contributed by atoms with Crippen LogP contribution in [0.5, 0.6) is 0 Å². The Morgan fingerprint density at radius 1 is 1.50 bits per heavy atom. The topological polar surface area (TPSA) is 70.8 Å². The molecule has 1 fully saturated rings. The number of piperidine rings is 1. The van der Waals surface area contributed by atoms with E-state index in [-0.39, 0.29) is 17.9 Å². The Morgan fingerprint density at radius 3 is 2.72 bits per heavy atom. The van der Waals surface area contributed by atoms with Crippen LogP contribution in [0.1, 0.15) is 35.9 Å². The molecular weight excluding hydrogens is 234 g/mol. The lowest BCUT2D eigenvalue weighted by molar-refractivity contribution is -0.143. The first kappa shape index (κ1) is 12.7. The van der Waals surface area contributed by atoms with Gasteiger partial charge in [-0.1, -0.05) is 0 Å². The first-order valence-corrected chi connectivity index (χ1v) is 6.08. The molecular formula is C13H17NO4. The number of carbonyl (C=O) groups is 2. The highest BCUT2D eigenvalue weighted by Crippen LogP contribution is 2.25. The highest BCUT2D eigenvalue weighted by atomic mass is 16.4.